The molecule has 1 fully saturated rings. The smallest absolute Gasteiger partial charge is 0.246 e. The number of fused-ring (bicyclic) bond motifs is 2. The number of carbonyl (C=O) groups excluding carboxylic acids is 1. The normalized spacial score (nSPS) is 19.3. The number of pyridine rings is 1. The Morgan fingerprint density at radius 3 is 2.63 bits per heavy atom. The monoisotopic (exact) mass is 608 g/mol. The number of anilines is 3. The molecule has 5 rings (SSSR count). The maximum atomic E-state index is 17.0. The highest BCUT2D eigenvalue weighted by Crippen LogP contribution is 2.48. The summed E-state index contributed by atoms with van der Waals surface area (Å²) < 4.78 is 32.2. The van der Waals surface area contributed by atoms with Crippen LogP contribution >= 0.6 is 11.6 Å². The van der Waals surface area contributed by atoms with E-state index in [4.69, 9.17) is 11.6 Å². The summed E-state index contributed by atoms with van der Waals surface area (Å²) in [5.41, 5.74) is 1.72. The number of aryl methyl sites for hydroxylation is 1. The van der Waals surface area contributed by atoms with E-state index in [1.165, 1.54) is 24.3 Å². The first kappa shape index (κ1) is 30.4. The van der Waals surface area contributed by atoms with E-state index in [2.05, 4.69) is 16.9 Å². The third kappa shape index (κ3) is 5.34. The van der Waals surface area contributed by atoms with E-state index in [1.807, 2.05) is 16.7 Å². The Kier molecular flexibility index (Phi) is 8.45. The van der Waals surface area contributed by atoms with Gasteiger partial charge in [-0.2, -0.15) is 0 Å². The van der Waals surface area contributed by atoms with Crippen molar-refractivity contribution < 1.29 is 18.7 Å². The van der Waals surface area contributed by atoms with Crippen molar-refractivity contribution >= 4 is 40.4 Å². The molecule has 3 aromatic rings. The number of hydrogen-bond donors (Lipinski definition) is 3. The summed E-state index contributed by atoms with van der Waals surface area (Å²) in [6, 6.07) is 7.11. The molecular formula is C32H35ClF2N6O2. The van der Waals surface area contributed by atoms with Crippen molar-refractivity contribution in [3.8, 4) is 11.1 Å². The average molecular weight is 609 g/mol. The molecule has 2 aliphatic rings. The highest BCUT2D eigenvalue weighted by molar-refractivity contribution is 6.37. The lowest BCUT2D eigenvalue weighted by Crippen LogP contribution is -2.61. The van der Waals surface area contributed by atoms with Gasteiger partial charge in [-0.25, -0.2) is 8.78 Å². The molecule has 1 saturated heterocycles. The number of amidine groups is 1. The summed E-state index contributed by atoms with van der Waals surface area (Å²) in [7, 11) is 1.80. The number of nitrogens with zero attached hydrogens (tertiary/aromatic N) is 4. The molecule has 1 aromatic heterocycles. The Hall–Kier alpha value is -4.02. The first-order valence-corrected chi connectivity index (χ1v) is 14.5. The molecule has 43 heavy (non-hydrogen) atoms. The molecule has 0 bridgehead atoms. The van der Waals surface area contributed by atoms with Gasteiger partial charge in [0.2, 0.25) is 5.91 Å². The number of rotatable bonds is 5. The summed E-state index contributed by atoms with van der Waals surface area (Å²) >= 11 is 6.99. The topological polar surface area (TPSA) is 95.8 Å². The van der Waals surface area contributed by atoms with Gasteiger partial charge < -0.3 is 25.1 Å². The van der Waals surface area contributed by atoms with Gasteiger partial charge in [-0.3, -0.25) is 15.2 Å². The molecule has 2 aliphatic heterocycles. The molecule has 3 unspecified atom stereocenters. The maximum absolute atomic E-state index is 17.0. The van der Waals surface area contributed by atoms with Crippen molar-refractivity contribution in [2.45, 2.75) is 45.4 Å². The molecular weight excluding hydrogens is 574 g/mol. The van der Waals surface area contributed by atoms with E-state index >= 15 is 8.78 Å². The summed E-state index contributed by atoms with van der Waals surface area (Å²) in [4.78, 5) is 22.4. The largest absolute Gasteiger partial charge is 0.387 e. The summed E-state index contributed by atoms with van der Waals surface area (Å²) in [5, 5.41) is 23.2. The number of carbonyl (C=O) groups is 1. The fourth-order valence-corrected chi connectivity index (χ4v) is 6.47. The first-order chi connectivity index (χ1) is 20.5. The van der Waals surface area contributed by atoms with Gasteiger partial charge in [0.15, 0.2) is 5.82 Å². The van der Waals surface area contributed by atoms with Crippen molar-refractivity contribution in [1.29, 1.82) is 5.41 Å². The van der Waals surface area contributed by atoms with E-state index in [1.54, 1.807) is 44.1 Å². The van der Waals surface area contributed by atoms with Gasteiger partial charge in [-0.1, -0.05) is 36.4 Å². The Morgan fingerprint density at radius 2 is 1.95 bits per heavy atom. The minimum Gasteiger partial charge on any atom is -0.387 e. The molecule has 2 aromatic carbocycles. The molecule has 0 radical (unpaired) electrons. The van der Waals surface area contributed by atoms with Gasteiger partial charge in [0.1, 0.15) is 11.7 Å². The summed E-state index contributed by atoms with van der Waals surface area (Å²) in [5.74, 6) is -1.64. The Morgan fingerprint density at radius 1 is 1.23 bits per heavy atom. The number of aliphatic hydroxyl groups excluding tert-OH is 1. The maximum Gasteiger partial charge on any atom is 0.246 e. The van der Waals surface area contributed by atoms with Crippen molar-refractivity contribution in [2.75, 3.05) is 36.9 Å². The molecule has 0 aliphatic carbocycles. The molecule has 3 heterocycles. The van der Waals surface area contributed by atoms with E-state index in [9.17, 15) is 15.3 Å². The standard InChI is InChI=1S/C32H35ClF2N6O2/c1-6-23(43)40-16-20-12-14-39(5)31-25(32(36)41(20)15-18(40)3)30(38-28-17(2)11-13-37-29(28)19(4)42)27(35)24(26(31)33)21-9-7-8-10-22(21)34/h6-11,13,18-20,36,38,42H,1,12,14-16H2,2-5H3. The molecule has 3 atom stereocenters. The zero-order valence-corrected chi connectivity index (χ0v) is 25.3. The number of benzene rings is 2. The van der Waals surface area contributed by atoms with Gasteiger partial charge in [0, 0.05) is 56.1 Å². The molecule has 0 spiro atoms. The molecule has 11 heteroatoms. The Bertz CT molecular complexity index is 1610. The third-order valence-corrected chi connectivity index (χ3v) is 8.70. The predicted molar refractivity (Wildman–Crippen MR) is 166 cm³/mol. The number of hydrogen-bond acceptors (Lipinski definition) is 6. The lowest BCUT2D eigenvalue weighted by molar-refractivity contribution is -0.131. The van der Waals surface area contributed by atoms with Gasteiger partial charge in [-0.15, -0.1) is 0 Å². The Labute approximate surface area is 255 Å². The van der Waals surface area contributed by atoms with Crippen molar-refractivity contribution in [3.05, 3.63) is 82.7 Å². The highest BCUT2D eigenvalue weighted by Gasteiger charge is 2.40. The van der Waals surface area contributed by atoms with Crippen LogP contribution in [0.25, 0.3) is 11.1 Å². The van der Waals surface area contributed by atoms with Crippen LogP contribution in [0.1, 0.15) is 43.2 Å². The quantitative estimate of drug-likeness (QED) is 0.306. The molecule has 0 saturated carbocycles. The van der Waals surface area contributed by atoms with Gasteiger partial charge >= 0.3 is 0 Å². The average Bonchev–Trinajstić information content (AvgIpc) is 2.97. The van der Waals surface area contributed by atoms with Crippen molar-refractivity contribution in [3.63, 3.8) is 0 Å². The van der Waals surface area contributed by atoms with Crippen molar-refractivity contribution in [1.82, 2.24) is 14.8 Å². The third-order valence-electron chi connectivity index (χ3n) is 8.33. The number of piperazine rings is 1. The summed E-state index contributed by atoms with van der Waals surface area (Å²) in [6.45, 7) is 10.1. The van der Waals surface area contributed by atoms with Crippen LogP contribution in [0.3, 0.4) is 0 Å². The van der Waals surface area contributed by atoms with Crippen LogP contribution in [-0.4, -0.2) is 70.4 Å². The van der Waals surface area contributed by atoms with Crippen LogP contribution in [0.5, 0.6) is 0 Å². The number of halogens is 3. The number of aromatic nitrogens is 1. The lowest BCUT2D eigenvalue weighted by Gasteiger charge is -2.48. The molecule has 1 amide bonds. The van der Waals surface area contributed by atoms with E-state index in [-0.39, 0.29) is 51.2 Å². The van der Waals surface area contributed by atoms with Crippen LogP contribution in [0.2, 0.25) is 5.02 Å². The Balaban J connectivity index is 1.78. The highest BCUT2D eigenvalue weighted by atomic mass is 35.5. The second-order valence-corrected chi connectivity index (χ2v) is 11.6. The van der Waals surface area contributed by atoms with Gasteiger partial charge in [0.05, 0.1) is 39.4 Å². The SMILES string of the molecule is C=CC(=O)N1CC2CCN(C)c3c(Cl)c(-c4ccccc4F)c(F)c(Nc4c(C)ccnc4C(C)O)c3C(=N)N2CC1C. The van der Waals surface area contributed by atoms with Gasteiger partial charge in [0.25, 0.3) is 0 Å². The van der Waals surface area contributed by atoms with E-state index < -0.39 is 17.7 Å². The van der Waals surface area contributed by atoms with Crippen LogP contribution in [0, 0.1) is 24.0 Å². The second-order valence-electron chi connectivity index (χ2n) is 11.2. The van der Waals surface area contributed by atoms with Crippen LogP contribution in [0.4, 0.5) is 25.8 Å². The zero-order valence-electron chi connectivity index (χ0n) is 24.6. The van der Waals surface area contributed by atoms with E-state index in [0.717, 1.165) is 0 Å². The predicted octanol–water partition coefficient (Wildman–Crippen LogP) is 6.04. The zero-order chi connectivity index (χ0) is 31.2. The van der Waals surface area contributed by atoms with Crippen LogP contribution in [-0.2, 0) is 4.79 Å². The van der Waals surface area contributed by atoms with Crippen LogP contribution in [0.15, 0.2) is 49.2 Å². The molecule has 3 N–H and O–H groups in total. The number of aliphatic hydroxyl groups is 1. The fraction of sp³-hybridized carbons (Fsp3) is 0.344. The lowest BCUT2D eigenvalue weighted by atomic mass is 9.93. The second kappa shape index (κ2) is 11.9. The fourth-order valence-electron chi connectivity index (χ4n) is 6.05. The van der Waals surface area contributed by atoms with Gasteiger partial charge in [-0.05, 0) is 51.0 Å². The summed E-state index contributed by atoms with van der Waals surface area (Å²) in [6.07, 6.45) is 2.46. The molecule has 8 nitrogen and oxygen atoms in total. The van der Waals surface area contributed by atoms with Crippen molar-refractivity contribution in [2.24, 2.45) is 0 Å². The number of amides is 1. The minimum absolute atomic E-state index is 0.0129. The van der Waals surface area contributed by atoms with Crippen LogP contribution < -0.4 is 10.2 Å². The first-order valence-electron chi connectivity index (χ1n) is 14.2. The number of nitrogens with one attached hydrogen (secondary N) is 2. The van der Waals surface area contributed by atoms with E-state index in [0.29, 0.717) is 48.7 Å². The molecule has 226 valence electrons. The minimum atomic E-state index is -0.978.